The van der Waals surface area contributed by atoms with Gasteiger partial charge in [0.25, 0.3) is 11.2 Å². The van der Waals surface area contributed by atoms with Crippen LogP contribution in [0.5, 0.6) is 11.5 Å². The number of nitro benzene ring substituents is 1. The highest BCUT2D eigenvalue weighted by Gasteiger charge is 2.21. The first-order chi connectivity index (χ1) is 14.3. The van der Waals surface area contributed by atoms with Gasteiger partial charge in [0, 0.05) is 53.7 Å². The largest absolute Gasteiger partial charge is 0.457 e. The second-order valence-corrected chi connectivity index (χ2v) is 7.20. The Kier molecular flexibility index (Phi) is 4.79. The zero-order valence-corrected chi connectivity index (χ0v) is 16.7. The maximum Gasteiger partial charge on any atom is 0.274 e. The quantitative estimate of drug-likeness (QED) is 0.352. The van der Waals surface area contributed by atoms with Gasteiger partial charge in [-0.15, -0.1) is 0 Å². The first kappa shape index (κ1) is 19.7. The van der Waals surface area contributed by atoms with Gasteiger partial charge >= 0.3 is 0 Å². The number of hydrogen-bond acceptors (Lipinski definition) is 4. The molecule has 0 aliphatic carbocycles. The number of nitrogens with one attached hydrogen (secondary N) is 1. The summed E-state index contributed by atoms with van der Waals surface area (Å²) in [5.41, 5.74) is 1.36. The predicted molar refractivity (Wildman–Crippen MR) is 112 cm³/mol. The molecular weight excluding hydrogens is 413 g/mol. The van der Waals surface area contributed by atoms with E-state index in [0.29, 0.717) is 27.6 Å². The Balaban J connectivity index is 1.98. The summed E-state index contributed by atoms with van der Waals surface area (Å²) in [6.07, 6.45) is 3.20. The highest BCUT2D eigenvalue weighted by molar-refractivity contribution is 6.30. The van der Waals surface area contributed by atoms with Gasteiger partial charge in [-0.1, -0.05) is 11.6 Å². The Labute approximate surface area is 174 Å². The number of halogens is 2. The van der Waals surface area contributed by atoms with Crippen molar-refractivity contribution < 1.29 is 14.1 Å². The molecule has 7 nitrogen and oxygen atoms in total. The van der Waals surface area contributed by atoms with Gasteiger partial charge in [-0.2, -0.15) is 0 Å². The van der Waals surface area contributed by atoms with Crippen molar-refractivity contribution in [3.8, 4) is 22.6 Å². The molecule has 0 saturated carbocycles. The number of ether oxygens (including phenoxy) is 1. The molecule has 2 aromatic carbocycles. The van der Waals surface area contributed by atoms with E-state index < -0.39 is 10.7 Å². The van der Waals surface area contributed by atoms with Crippen LogP contribution in [0.2, 0.25) is 5.02 Å². The molecule has 152 valence electrons. The Morgan fingerprint density at radius 1 is 1.20 bits per heavy atom. The van der Waals surface area contributed by atoms with Crippen molar-refractivity contribution >= 4 is 28.2 Å². The van der Waals surface area contributed by atoms with Crippen molar-refractivity contribution in [1.82, 2.24) is 9.55 Å². The van der Waals surface area contributed by atoms with Gasteiger partial charge in [-0.25, -0.2) is 4.39 Å². The second-order valence-electron chi connectivity index (χ2n) is 6.80. The number of fused-ring (bicyclic) bond motifs is 1. The van der Waals surface area contributed by atoms with Crippen LogP contribution in [0.25, 0.3) is 22.0 Å². The van der Waals surface area contributed by atoms with E-state index in [9.17, 15) is 19.3 Å². The molecule has 30 heavy (non-hydrogen) atoms. The van der Waals surface area contributed by atoms with Crippen molar-refractivity contribution in [2.75, 3.05) is 0 Å². The van der Waals surface area contributed by atoms with Crippen LogP contribution in [0.1, 0.15) is 5.56 Å². The van der Waals surface area contributed by atoms with Crippen molar-refractivity contribution in [2.45, 2.75) is 6.92 Å². The standard InChI is InChI=1S/C21H15ClFN3O4/c1-11-7-19(30-12-3-4-16(22)17(23)8-12)14(9-18(11)26(28)29)15-10-25(2)21(27)20-13(15)5-6-24-20/h3-10,24H,1-2H3. The maximum absolute atomic E-state index is 13.9. The van der Waals surface area contributed by atoms with Crippen LogP contribution in [0, 0.1) is 22.9 Å². The average Bonchev–Trinajstić information content (AvgIpc) is 3.18. The molecule has 0 bridgehead atoms. The molecule has 0 amide bonds. The first-order valence-electron chi connectivity index (χ1n) is 8.85. The summed E-state index contributed by atoms with van der Waals surface area (Å²) in [5.74, 6) is -0.188. The van der Waals surface area contributed by atoms with Gasteiger partial charge in [0.05, 0.1) is 9.95 Å². The van der Waals surface area contributed by atoms with E-state index in [4.69, 9.17) is 16.3 Å². The number of nitro groups is 1. The molecule has 4 aromatic rings. The Bertz CT molecular complexity index is 1380. The van der Waals surface area contributed by atoms with E-state index in [1.807, 2.05) is 0 Å². The fourth-order valence-corrected chi connectivity index (χ4v) is 3.43. The number of aryl methyl sites for hydroxylation is 2. The third-order valence-corrected chi connectivity index (χ3v) is 5.10. The normalized spacial score (nSPS) is 11.1. The zero-order chi connectivity index (χ0) is 21.6. The lowest BCUT2D eigenvalue weighted by Crippen LogP contribution is -2.16. The van der Waals surface area contributed by atoms with Gasteiger partial charge < -0.3 is 14.3 Å². The van der Waals surface area contributed by atoms with Crippen LogP contribution in [-0.2, 0) is 7.05 Å². The minimum absolute atomic E-state index is 0.0467. The summed E-state index contributed by atoms with van der Waals surface area (Å²) >= 11 is 5.74. The SMILES string of the molecule is Cc1cc(Oc2ccc(Cl)c(F)c2)c(-c2cn(C)c(=O)c3[nH]ccc23)cc1[N+](=O)[O-]. The van der Waals surface area contributed by atoms with E-state index >= 15 is 0 Å². The number of aromatic amines is 1. The summed E-state index contributed by atoms with van der Waals surface area (Å²) < 4.78 is 21.1. The molecule has 4 rings (SSSR count). The zero-order valence-electron chi connectivity index (χ0n) is 15.9. The molecule has 0 atom stereocenters. The van der Waals surface area contributed by atoms with Crippen molar-refractivity contribution in [2.24, 2.45) is 7.05 Å². The van der Waals surface area contributed by atoms with Gasteiger partial charge in [0.2, 0.25) is 0 Å². The Morgan fingerprint density at radius 2 is 1.97 bits per heavy atom. The third-order valence-electron chi connectivity index (χ3n) is 4.80. The van der Waals surface area contributed by atoms with Crippen LogP contribution in [0.15, 0.2) is 53.6 Å². The fraction of sp³-hybridized carbons (Fsp3) is 0.0952. The Morgan fingerprint density at radius 3 is 2.67 bits per heavy atom. The summed E-state index contributed by atoms with van der Waals surface area (Å²) in [7, 11) is 1.59. The molecule has 1 N–H and O–H groups in total. The summed E-state index contributed by atoms with van der Waals surface area (Å²) in [4.78, 5) is 26.3. The van der Waals surface area contributed by atoms with Crippen LogP contribution >= 0.6 is 11.6 Å². The van der Waals surface area contributed by atoms with E-state index in [-0.39, 0.29) is 27.8 Å². The molecular formula is C21H15ClFN3O4. The number of rotatable bonds is 4. The topological polar surface area (TPSA) is 90.2 Å². The minimum Gasteiger partial charge on any atom is -0.457 e. The van der Waals surface area contributed by atoms with Crippen LogP contribution in [0.4, 0.5) is 10.1 Å². The van der Waals surface area contributed by atoms with E-state index in [1.54, 1.807) is 32.4 Å². The molecule has 0 aliphatic rings. The number of benzene rings is 2. The summed E-state index contributed by atoms with van der Waals surface area (Å²) in [6.45, 7) is 1.59. The number of aromatic nitrogens is 2. The predicted octanol–water partition coefficient (Wildman–Crippen LogP) is 5.34. The van der Waals surface area contributed by atoms with Gasteiger partial charge in [0.15, 0.2) is 0 Å². The van der Waals surface area contributed by atoms with E-state index in [2.05, 4.69) is 4.98 Å². The number of pyridine rings is 1. The first-order valence-corrected chi connectivity index (χ1v) is 9.23. The average molecular weight is 428 g/mol. The Hall–Kier alpha value is -3.65. The van der Waals surface area contributed by atoms with E-state index in [1.165, 1.54) is 28.8 Å². The van der Waals surface area contributed by atoms with Gasteiger partial charge in [-0.05, 0) is 31.2 Å². The second kappa shape index (κ2) is 7.31. The molecule has 0 unspecified atom stereocenters. The molecule has 0 saturated heterocycles. The van der Waals surface area contributed by atoms with Crippen molar-refractivity contribution in [3.05, 3.63) is 85.7 Å². The molecule has 0 radical (unpaired) electrons. The molecule has 0 spiro atoms. The summed E-state index contributed by atoms with van der Waals surface area (Å²) in [5, 5.41) is 12.1. The molecule has 9 heteroatoms. The molecule has 2 aromatic heterocycles. The lowest BCUT2D eigenvalue weighted by Gasteiger charge is -2.15. The highest BCUT2D eigenvalue weighted by Crippen LogP contribution is 2.40. The highest BCUT2D eigenvalue weighted by atomic mass is 35.5. The van der Waals surface area contributed by atoms with Crippen molar-refractivity contribution in [3.63, 3.8) is 0 Å². The van der Waals surface area contributed by atoms with Gasteiger partial charge in [0.1, 0.15) is 22.8 Å². The monoisotopic (exact) mass is 427 g/mol. The van der Waals surface area contributed by atoms with E-state index in [0.717, 1.165) is 6.07 Å². The van der Waals surface area contributed by atoms with Gasteiger partial charge in [-0.3, -0.25) is 14.9 Å². The molecule has 0 fully saturated rings. The van der Waals surface area contributed by atoms with Crippen molar-refractivity contribution in [1.29, 1.82) is 0 Å². The maximum atomic E-state index is 13.9. The molecule has 2 heterocycles. The number of H-pyrrole nitrogens is 1. The summed E-state index contributed by atoms with van der Waals surface area (Å²) in [6, 6.07) is 8.62. The van der Waals surface area contributed by atoms with Crippen LogP contribution in [-0.4, -0.2) is 14.5 Å². The fourth-order valence-electron chi connectivity index (χ4n) is 3.31. The minimum atomic E-state index is -0.649. The number of nitrogens with zero attached hydrogens (tertiary/aromatic N) is 2. The van der Waals surface area contributed by atoms with Crippen LogP contribution < -0.4 is 10.3 Å². The number of hydrogen-bond donors (Lipinski definition) is 1. The van der Waals surface area contributed by atoms with Crippen LogP contribution in [0.3, 0.4) is 0 Å². The smallest absolute Gasteiger partial charge is 0.274 e. The lowest BCUT2D eigenvalue weighted by molar-refractivity contribution is -0.385. The lowest BCUT2D eigenvalue weighted by atomic mass is 10.00. The third kappa shape index (κ3) is 3.31. The molecule has 0 aliphatic heterocycles.